The standard InChI is InChI=1S/C11H21N5O2/c1-4-16(6-5-7-17)10-13-9(12)14-11(15-10)18-8(2)3/h8,17H,4-7H2,1-3H3,(H2,12,13,14,15). The van der Waals surface area contributed by atoms with Gasteiger partial charge in [-0.05, 0) is 27.2 Å². The van der Waals surface area contributed by atoms with Crippen molar-refractivity contribution in [2.24, 2.45) is 0 Å². The third kappa shape index (κ3) is 4.33. The lowest BCUT2D eigenvalue weighted by molar-refractivity contribution is 0.222. The number of nitrogen functional groups attached to an aromatic ring is 1. The molecule has 7 heteroatoms. The summed E-state index contributed by atoms with van der Waals surface area (Å²) in [6, 6.07) is 0.231. The van der Waals surface area contributed by atoms with Gasteiger partial charge in [0.15, 0.2) is 0 Å². The fourth-order valence-corrected chi connectivity index (χ4v) is 1.43. The van der Waals surface area contributed by atoms with E-state index < -0.39 is 0 Å². The van der Waals surface area contributed by atoms with Crippen LogP contribution in [0.15, 0.2) is 0 Å². The summed E-state index contributed by atoms with van der Waals surface area (Å²) in [4.78, 5) is 14.1. The molecule has 1 heterocycles. The maximum absolute atomic E-state index is 8.86. The molecule has 0 saturated heterocycles. The van der Waals surface area contributed by atoms with Crippen LogP contribution in [0.25, 0.3) is 0 Å². The zero-order valence-electron chi connectivity index (χ0n) is 11.1. The number of aliphatic hydroxyl groups is 1. The Morgan fingerprint density at radius 2 is 2.06 bits per heavy atom. The molecule has 0 aliphatic carbocycles. The number of hydrogen-bond acceptors (Lipinski definition) is 7. The molecular weight excluding hydrogens is 234 g/mol. The minimum absolute atomic E-state index is 0.0211. The van der Waals surface area contributed by atoms with Gasteiger partial charge in [0.2, 0.25) is 11.9 Å². The third-order valence-electron chi connectivity index (χ3n) is 2.21. The van der Waals surface area contributed by atoms with E-state index in [1.807, 2.05) is 25.7 Å². The van der Waals surface area contributed by atoms with Crippen molar-refractivity contribution in [3.8, 4) is 6.01 Å². The average molecular weight is 255 g/mol. The highest BCUT2D eigenvalue weighted by molar-refractivity contribution is 5.35. The smallest absolute Gasteiger partial charge is 0.323 e. The number of nitrogens with two attached hydrogens (primary N) is 1. The maximum atomic E-state index is 8.86. The van der Waals surface area contributed by atoms with E-state index in [-0.39, 0.29) is 24.7 Å². The molecule has 1 rings (SSSR count). The molecule has 1 aromatic heterocycles. The molecule has 0 saturated carbocycles. The Kier molecular flexibility index (Phi) is 5.57. The third-order valence-corrected chi connectivity index (χ3v) is 2.21. The fourth-order valence-electron chi connectivity index (χ4n) is 1.43. The summed E-state index contributed by atoms with van der Waals surface area (Å²) in [6.45, 7) is 7.29. The summed E-state index contributed by atoms with van der Waals surface area (Å²) >= 11 is 0. The molecule has 3 N–H and O–H groups in total. The van der Waals surface area contributed by atoms with Gasteiger partial charge in [0.1, 0.15) is 0 Å². The van der Waals surface area contributed by atoms with Crippen molar-refractivity contribution in [1.29, 1.82) is 0 Å². The van der Waals surface area contributed by atoms with E-state index in [2.05, 4.69) is 15.0 Å². The van der Waals surface area contributed by atoms with Crippen LogP contribution in [0.1, 0.15) is 27.2 Å². The van der Waals surface area contributed by atoms with Crippen LogP contribution in [0.4, 0.5) is 11.9 Å². The van der Waals surface area contributed by atoms with Crippen LogP contribution in [0.5, 0.6) is 6.01 Å². The monoisotopic (exact) mass is 255 g/mol. The molecule has 102 valence electrons. The maximum Gasteiger partial charge on any atom is 0.323 e. The van der Waals surface area contributed by atoms with Gasteiger partial charge in [-0.2, -0.15) is 15.0 Å². The van der Waals surface area contributed by atoms with Crippen LogP contribution in [0.3, 0.4) is 0 Å². The van der Waals surface area contributed by atoms with Crippen LogP contribution in [0.2, 0.25) is 0 Å². The molecule has 0 radical (unpaired) electrons. The van der Waals surface area contributed by atoms with Gasteiger partial charge in [0.25, 0.3) is 0 Å². The second-order valence-electron chi connectivity index (χ2n) is 4.10. The first-order valence-electron chi connectivity index (χ1n) is 6.10. The molecule has 0 bridgehead atoms. The van der Waals surface area contributed by atoms with E-state index in [1.54, 1.807) is 0 Å². The van der Waals surface area contributed by atoms with Gasteiger partial charge in [0, 0.05) is 19.7 Å². The molecule has 0 spiro atoms. The molecule has 7 nitrogen and oxygen atoms in total. The first kappa shape index (κ1) is 14.4. The Morgan fingerprint density at radius 1 is 1.33 bits per heavy atom. The van der Waals surface area contributed by atoms with Gasteiger partial charge in [-0.15, -0.1) is 0 Å². The molecule has 0 aliphatic heterocycles. The summed E-state index contributed by atoms with van der Waals surface area (Å²) in [7, 11) is 0. The minimum atomic E-state index is -0.0211. The normalized spacial score (nSPS) is 10.7. The lowest BCUT2D eigenvalue weighted by atomic mass is 10.4. The van der Waals surface area contributed by atoms with Crippen LogP contribution in [-0.2, 0) is 0 Å². The highest BCUT2D eigenvalue weighted by Crippen LogP contribution is 2.14. The van der Waals surface area contributed by atoms with E-state index in [9.17, 15) is 0 Å². The Hall–Kier alpha value is -1.63. The number of nitrogens with zero attached hydrogens (tertiary/aromatic N) is 4. The molecule has 0 atom stereocenters. The SMILES string of the molecule is CCN(CCCO)c1nc(N)nc(OC(C)C)n1. The lowest BCUT2D eigenvalue weighted by Crippen LogP contribution is -2.27. The van der Waals surface area contributed by atoms with E-state index in [4.69, 9.17) is 15.6 Å². The van der Waals surface area contributed by atoms with Gasteiger partial charge in [0.05, 0.1) is 6.10 Å². The fraction of sp³-hybridized carbons (Fsp3) is 0.727. The molecule has 1 aromatic rings. The van der Waals surface area contributed by atoms with Crippen molar-refractivity contribution in [2.75, 3.05) is 30.3 Å². The predicted octanol–water partition coefficient (Wildman–Crippen LogP) is 0.450. The van der Waals surface area contributed by atoms with Crippen LogP contribution in [-0.4, -0.2) is 45.9 Å². The van der Waals surface area contributed by atoms with Crippen molar-refractivity contribution in [3.63, 3.8) is 0 Å². The van der Waals surface area contributed by atoms with Gasteiger partial charge in [-0.1, -0.05) is 0 Å². The molecule has 0 aliphatic rings. The van der Waals surface area contributed by atoms with Crippen molar-refractivity contribution >= 4 is 11.9 Å². The quantitative estimate of drug-likeness (QED) is 0.730. The molecule has 0 fully saturated rings. The molecule has 0 aromatic carbocycles. The molecule has 0 amide bonds. The summed E-state index contributed by atoms with van der Waals surface area (Å²) < 4.78 is 5.42. The second-order valence-corrected chi connectivity index (χ2v) is 4.10. The summed E-state index contributed by atoms with van der Waals surface area (Å²) in [6.07, 6.45) is 0.631. The van der Waals surface area contributed by atoms with Crippen LogP contribution < -0.4 is 15.4 Å². The van der Waals surface area contributed by atoms with Crippen molar-refractivity contribution in [3.05, 3.63) is 0 Å². The average Bonchev–Trinajstić information content (AvgIpc) is 2.28. The second kappa shape index (κ2) is 6.95. The van der Waals surface area contributed by atoms with Gasteiger partial charge in [-0.25, -0.2) is 0 Å². The van der Waals surface area contributed by atoms with Gasteiger partial charge >= 0.3 is 6.01 Å². The highest BCUT2D eigenvalue weighted by Gasteiger charge is 2.12. The van der Waals surface area contributed by atoms with E-state index >= 15 is 0 Å². The summed E-state index contributed by atoms with van der Waals surface area (Å²) in [5.41, 5.74) is 5.64. The zero-order valence-corrected chi connectivity index (χ0v) is 11.1. The summed E-state index contributed by atoms with van der Waals surface area (Å²) in [5, 5.41) is 8.86. The lowest BCUT2D eigenvalue weighted by Gasteiger charge is -2.20. The largest absolute Gasteiger partial charge is 0.461 e. The van der Waals surface area contributed by atoms with E-state index in [1.165, 1.54) is 0 Å². The van der Waals surface area contributed by atoms with E-state index in [0.717, 1.165) is 6.54 Å². The molecule has 18 heavy (non-hydrogen) atoms. The molecular formula is C11H21N5O2. The number of hydrogen-bond donors (Lipinski definition) is 2. The number of anilines is 2. The minimum Gasteiger partial charge on any atom is -0.461 e. The molecule has 0 unspecified atom stereocenters. The Bertz CT molecular complexity index is 372. The first-order valence-corrected chi connectivity index (χ1v) is 6.10. The number of aromatic nitrogens is 3. The van der Waals surface area contributed by atoms with Crippen molar-refractivity contribution in [1.82, 2.24) is 15.0 Å². The summed E-state index contributed by atoms with van der Waals surface area (Å²) in [5.74, 6) is 0.618. The predicted molar refractivity (Wildman–Crippen MR) is 69.6 cm³/mol. The Morgan fingerprint density at radius 3 is 2.61 bits per heavy atom. The van der Waals surface area contributed by atoms with Gasteiger partial charge < -0.3 is 20.5 Å². The number of ether oxygens (including phenoxy) is 1. The van der Waals surface area contributed by atoms with Crippen molar-refractivity contribution < 1.29 is 9.84 Å². The van der Waals surface area contributed by atoms with Gasteiger partial charge in [-0.3, -0.25) is 0 Å². The van der Waals surface area contributed by atoms with Crippen LogP contribution >= 0.6 is 0 Å². The number of rotatable bonds is 7. The Balaban J connectivity index is 2.88. The first-order chi connectivity index (χ1) is 8.56. The van der Waals surface area contributed by atoms with Crippen molar-refractivity contribution in [2.45, 2.75) is 33.3 Å². The highest BCUT2D eigenvalue weighted by atomic mass is 16.5. The zero-order chi connectivity index (χ0) is 13.5. The topological polar surface area (TPSA) is 97.4 Å². The number of aliphatic hydroxyl groups excluding tert-OH is 1. The Labute approximate surface area is 107 Å². The van der Waals surface area contributed by atoms with Crippen LogP contribution in [0, 0.1) is 0 Å². The van der Waals surface area contributed by atoms with E-state index in [0.29, 0.717) is 18.9 Å².